The van der Waals surface area contributed by atoms with E-state index >= 15 is 4.79 Å². The molecule has 4 aromatic carbocycles. The van der Waals surface area contributed by atoms with Crippen LogP contribution in [0, 0.1) is 17.8 Å². The summed E-state index contributed by atoms with van der Waals surface area (Å²) in [5.74, 6) is 0.588. The summed E-state index contributed by atoms with van der Waals surface area (Å²) >= 11 is 0. The lowest BCUT2D eigenvalue weighted by Gasteiger charge is -2.60. The van der Waals surface area contributed by atoms with E-state index in [1.807, 2.05) is 77.7 Å². The van der Waals surface area contributed by atoms with Crippen molar-refractivity contribution >= 4 is 17.9 Å². The number of amides is 1. The van der Waals surface area contributed by atoms with Crippen molar-refractivity contribution in [3.05, 3.63) is 138 Å². The van der Waals surface area contributed by atoms with Gasteiger partial charge in [-0.15, -0.1) is 6.58 Å². The van der Waals surface area contributed by atoms with Crippen LogP contribution < -0.4 is 18.9 Å². The molecule has 1 fully saturated rings. The summed E-state index contributed by atoms with van der Waals surface area (Å²) < 4.78 is 32.0. The molecule has 7 rings (SSSR count). The van der Waals surface area contributed by atoms with E-state index in [1.165, 1.54) is 7.11 Å². The minimum absolute atomic E-state index is 0.0219. The van der Waals surface area contributed by atoms with Gasteiger partial charge in [0.2, 0.25) is 11.7 Å². The van der Waals surface area contributed by atoms with Gasteiger partial charge >= 0.3 is 0 Å². The number of aldehydes is 1. The van der Waals surface area contributed by atoms with Crippen LogP contribution >= 0.6 is 0 Å². The van der Waals surface area contributed by atoms with Crippen LogP contribution in [0.2, 0.25) is 0 Å². The number of hydrogen-bond donors (Lipinski definition) is 2. The maximum Gasteiger partial charge on any atom is 0.239 e. The van der Waals surface area contributed by atoms with E-state index in [2.05, 4.69) is 19.6 Å². The topological polar surface area (TPSA) is 146 Å². The third kappa shape index (κ3) is 10.7. The van der Waals surface area contributed by atoms with Crippen LogP contribution in [0.4, 0.5) is 0 Å². The number of oxime groups is 1. The Labute approximate surface area is 388 Å². The van der Waals surface area contributed by atoms with E-state index in [0.29, 0.717) is 60.1 Å². The Hall–Kier alpha value is -5.95. The van der Waals surface area contributed by atoms with Crippen molar-refractivity contribution in [2.45, 2.75) is 89.1 Å². The van der Waals surface area contributed by atoms with Gasteiger partial charge in [0.25, 0.3) is 0 Å². The number of unbranched alkanes of at least 4 members (excludes halogenated alkanes) is 2. The minimum Gasteiger partial charge on any atom is -0.497 e. The lowest BCUT2D eigenvalue weighted by molar-refractivity contribution is -0.257. The molecule has 2 N–H and O–H groups in total. The highest BCUT2D eigenvalue weighted by Gasteiger charge is 2.65. The largest absolute Gasteiger partial charge is 0.497 e. The second-order valence-electron chi connectivity index (χ2n) is 17.3. The summed E-state index contributed by atoms with van der Waals surface area (Å²) in [6, 6.07) is 27.7. The molecule has 0 saturated heterocycles. The van der Waals surface area contributed by atoms with Crippen LogP contribution in [0.15, 0.2) is 120 Å². The Morgan fingerprint density at radius 2 is 1.65 bits per heavy atom. The molecule has 0 aromatic heterocycles. The smallest absolute Gasteiger partial charge is 0.239 e. The van der Waals surface area contributed by atoms with Crippen LogP contribution in [0.3, 0.4) is 0 Å². The molecule has 4 aromatic rings. The van der Waals surface area contributed by atoms with Gasteiger partial charge in [-0.2, -0.15) is 0 Å². The number of ether oxygens (including phenoxy) is 5. The van der Waals surface area contributed by atoms with E-state index < -0.39 is 17.7 Å². The van der Waals surface area contributed by atoms with Crippen molar-refractivity contribution in [1.82, 2.24) is 4.90 Å². The van der Waals surface area contributed by atoms with Crippen molar-refractivity contribution in [3.63, 3.8) is 0 Å². The molecular formula is C54H64N2O10. The van der Waals surface area contributed by atoms with Gasteiger partial charge in [0.15, 0.2) is 6.29 Å². The zero-order valence-corrected chi connectivity index (χ0v) is 38.4. The molecule has 1 amide bonds. The van der Waals surface area contributed by atoms with Gasteiger partial charge < -0.3 is 43.6 Å². The van der Waals surface area contributed by atoms with Crippen molar-refractivity contribution < 1.29 is 48.3 Å². The molecule has 6 unspecified atom stereocenters. The lowest BCUT2D eigenvalue weighted by atomic mass is 9.55. The highest BCUT2D eigenvalue weighted by molar-refractivity contribution is 6.03. The van der Waals surface area contributed by atoms with E-state index in [4.69, 9.17) is 33.7 Å². The summed E-state index contributed by atoms with van der Waals surface area (Å²) in [6.45, 7) is 7.13. The molecule has 2 aliphatic carbocycles. The average molecular weight is 901 g/mol. The molecule has 3 aliphatic rings. The molecule has 0 bridgehead atoms. The van der Waals surface area contributed by atoms with Crippen LogP contribution in [0.1, 0.15) is 91.3 Å². The van der Waals surface area contributed by atoms with Crippen LogP contribution in [0.25, 0.3) is 0 Å². The number of allylic oxidation sites excluding steroid dienone is 1. The first-order valence-electron chi connectivity index (χ1n) is 23.3. The zero-order chi connectivity index (χ0) is 46.5. The van der Waals surface area contributed by atoms with E-state index in [1.54, 1.807) is 31.4 Å². The lowest BCUT2D eigenvalue weighted by Crippen LogP contribution is -2.70. The SMILES string of the molecule is C=CCOC12Oc3ccc(Oc4ccc(OC)c(C=O)c4)cc3C3C(CCCCO)C(CCCCO)C=C(C(=NOCc4ccccc4)CC1N(CCC)C(=O)Cc1cccc(OC)c1)C32. The molecule has 1 aliphatic heterocycles. The maximum atomic E-state index is 15.0. The highest BCUT2D eigenvalue weighted by Crippen LogP contribution is 2.62. The Kier molecular flexibility index (Phi) is 16.7. The van der Waals surface area contributed by atoms with Gasteiger partial charge in [-0.25, -0.2) is 0 Å². The molecule has 0 radical (unpaired) electrons. The van der Waals surface area contributed by atoms with E-state index in [0.717, 1.165) is 59.9 Å². The zero-order valence-electron chi connectivity index (χ0n) is 38.4. The molecule has 12 nitrogen and oxygen atoms in total. The van der Waals surface area contributed by atoms with Crippen molar-refractivity contribution in [2.24, 2.45) is 22.9 Å². The number of fused-ring (bicyclic) bond motifs is 2. The fourth-order valence-electron chi connectivity index (χ4n) is 10.2. The molecular weight excluding hydrogens is 837 g/mol. The third-order valence-corrected chi connectivity index (χ3v) is 13.1. The Morgan fingerprint density at radius 1 is 0.894 bits per heavy atom. The summed E-state index contributed by atoms with van der Waals surface area (Å²) in [5.41, 5.74) is 4.74. The molecule has 6 atom stereocenters. The van der Waals surface area contributed by atoms with Crippen molar-refractivity contribution in [3.8, 4) is 28.7 Å². The molecule has 0 spiro atoms. The average Bonchev–Trinajstić information content (AvgIpc) is 3.34. The second-order valence-corrected chi connectivity index (χ2v) is 17.3. The van der Waals surface area contributed by atoms with Crippen molar-refractivity contribution in [1.29, 1.82) is 0 Å². The summed E-state index contributed by atoms with van der Waals surface area (Å²) in [5, 5.41) is 25.0. The normalized spacial score (nSPS) is 22.2. The first-order chi connectivity index (χ1) is 32.3. The van der Waals surface area contributed by atoms with E-state index in [-0.39, 0.29) is 62.9 Å². The maximum absolute atomic E-state index is 15.0. The minimum atomic E-state index is -1.40. The molecule has 1 heterocycles. The first-order valence-corrected chi connectivity index (χ1v) is 23.3. The van der Waals surface area contributed by atoms with Gasteiger partial charge in [0.05, 0.1) is 44.4 Å². The second kappa shape index (κ2) is 23.0. The van der Waals surface area contributed by atoms with Crippen LogP contribution in [-0.2, 0) is 27.4 Å². The summed E-state index contributed by atoms with van der Waals surface area (Å²) in [6.07, 6.45) is 10.4. The number of methoxy groups -OCH3 is 2. The number of carbonyl (C=O) groups excluding carboxylic acids is 2. The monoisotopic (exact) mass is 900 g/mol. The van der Waals surface area contributed by atoms with Crippen LogP contribution in [0.5, 0.6) is 28.7 Å². The van der Waals surface area contributed by atoms with Gasteiger partial charge in [-0.1, -0.05) is 79.5 Å². The van der Waals surface area contributed by atoms with Crippen molar-refractivity contribution in [2.75, 3.05) is 40.6 Å². The third-order valence-electron chi connectivity index (χ3n) is 13.1. The number of nitrogens with zero attached hydrogens (tertiary/aromatic N) is 2. The standard InChI is InChI=1S/C54H64N2O10/c1-5-25-56(51(60)30-38-17-14-19-41(29-38)61-3)50-34-47(55-64-36-37-15-8-7-9-16-37)45-32-39(18-10-12-26-57)44(20-11-13-27-58)52-46-33-43(65-42-21-23-48(62-4)40(31-42)35-59)22-24-49(46)66-54(50,53(45)52)63-28-6-2/h6-9,14-17,19,21-24,29,31-33,35,39,44,50,52-53,57-58H,2,5,10-13,18,20,25-28,30,34,36H2,1,3-4H3. The number of aliphatic hydroxyl groups excluding tert-OH is 2. The summed E-state index contributed by atoms with van der Waals surface area (Å²) in [7, 11) is 3.13. The Morgan fingerprint density at radius 3 is 2.38 bits per heavy atom. The van der Waals surface area contributed by atoms with E-state index in [9.17, 15) is 15.0 Å². The number of hydrogen-bond acceptors (Lipinski definition) is 11. The molecule has 66 heavy (non-hydrogen) atoms. The number of benzene rings is 4. The highest BCUT2D eigenvalue weighted by atomic mass is 16.7. The summed E-state index contributed by atoms with van der Waals surface area (Å²) in [4.78, 5) is 35.2. The fourth-order valence-corrected chi connectivity index (χ4v) is 10.2. The fraction of sp³-hybridized carbons (Fsp3) is 0.426. The molecule has 1 saturated carbocycles. The number of rotatable bonds is 24. The predicted molar refractivity (Wildman–Crippen MR) is 253 cm³/mol. The number of aliphatic hydroxyl groups is 2. The molecule has 350 valence electrons. The van der Waals surface area contributed by atoms with Gasteiger partial charge in [0.1, 0.15) is 41.4 Å². The number of carbonyl (C=O) groups is 2. The predicted octanol–water partition coefficient (Wildman–Crippen LogP) is 9.62. The van der Waals surface area contributed by atoms with Gasteiger partial charge in [-0.3, -0.25) is 9.59 Å². The Bertz CT molecular complexity index is 2330. The first kappa shape index (κ1) is 48.0. The molecule has 12 heteroatoms. The van der Waals surface area contributed by atoms with Gasteiger partial charge in [0, 0.05) is 37.7 Å². The van der Waals surface area contributed by atoms with Crippen LogP contribution in [-0.4, -0.2) is 85.4 Å². The Balaban J connectivity index is 1.43. The van der Waals surface area contributed by atoms with Gasteiger partial charge in [-0.05, 0) is 109 Å². The quantitative estimate of drug-likeness (QED) is 0.0302.